The molecule has 0 saturated carbocycles. The quantitative estimate of drug-likeness (QED) is 0.798. The van der Waals surface area contributed by atoms with Crippen LogP contribution in [0.4, 0.5) is 5.69 Å². The number of hydrogen-bond acceptors (Lipinski definition) is 3. The molecule has 1 aliphatic heterocycles. The molecular weight excluding hydrogens is 192 g/mol. The van der Waals surface area contributed by atoms with E-state index < -0.39 is 0 Å². The number of carbonyl (C=O) groups is 1. The van der Waals surface area contributed by atoms with Gasteiger partial charge in [0.2, 0.25) is 5.91 Å². The fourth-order valence-corrected chi connectivity index (χ4v) is 1.98. The highest BCUT2D eigenvalue weighted by atomic mass is 16.3. The first-order valence-electron chi connectivity index (χ1n) is 5.34. The van der Waals surface area contributed by atoms with Gasteiger partial charge in [0, 0.05) is 12.6 Å². The predicted molar refractivity (Wildman–Crippen MR) is 57.8 cm³/mol. The third-order valence-corrected chi connectivity index (χ3v) is 2.85. The summed E-state index contributed by atoms with van der Waals surface area (Å²) in [4.78, 5) is 13.9. The first kappa shape index (κ1) is 10.2. The van der Waals surface area contributed by atoms with Crippen LogP contribution in [0.5, 0.6) is 0 Å². The Balaban J connectivity index is 2.19. The van der Waals surface area contributed by atoms with Gasteiger partial charge in [-0.3, -0.25) is 4.79 Å². The predicted octanol–water partition coefficient (Wildman–Crippen LogP) is 1.38. The molecule has 1 fully saturated rings. The molecule has 0 radical (unpaired) electrons. The van der Waals surface area contributed by atoms with Crippen LogP contribution in [0, 0.1) is 0 Å². The summed E-state index contributed by atoms with van der Waals surface area (Å²) in [6.07, 6.45) is 6.28. The maximum absolute atomic E-state index is 12.1. The molecule has 2 heterocycles. The number of furan rings is 1. The smallest absolute Gasteiger partial charge is 0.244 e. The number of rotatable bonds is 2. The maximum atomic E-state index is 12.1. The maximum Gasteiger partial charge on any atom is 0.244 e. The topological polar surface area (TPSA) is 45.5 Å². The molecule has 4 heteroatoms. The molecule has 1 aromatic rings. The zero-order valence-corrected chi connectivity index (χ0v) is 8.90. The Kier molecular flexibility index (Phi) is 3.06. The van der Waals surface area contributed by atoms with Crippen molar-refractivity contribution in [2.75, 3.05) is 18.5 Å². The molecule has 1 amide bonds. The fraction of sp³-hybridized carbons (Fsp3) is 0.545. The molecule has 0 aliphatic carbocycles. The van der Waals surface area contributed by atoms with Gasteiger partial charge in [0.05, 0.1) is 18.0 Å². The van der Waals surface area contributed by atoms with E-state index in [1.165, 1.54) is 0 Å². The van der Waals surface area contributed by atoms with Crippen molar-refractivity contribution < 1.29 is 9.21 Å². The van der Waals surface area contributed by atoms with Gasteiger partial charge in [-0.15, -0.1) is 0 Å². The first-order valence-corrected chi connectivity index (χ1v) is 5.34. The van der Waals surface area contributed by atoms with E-state index >= 15 is 0 Å². The number of likely N-dealkylation sites (N-methyl/N-ethyl adjacent to an activating group) is 1. The third-order valence-electron chi connectivity index (χ3n) is 2.85. The molecule has 15 heavy (non-hydrogen) atoms. The summed E-state index contributed by atoms with van der Waals surface area (Å²) in [5.41, 5.74) is 0.863. The molecule has 1 saturated heterocycles. The van der Waals surface area contributed by atoms with E-state index in [9.17, 15) is 4.79 Å². The highest BCUT2D eigenvalue weighted by Gasteiger charge is 2.26. The average Bonchev–Trinajstić information content (AvgIpc) is 2.70. The molecule has 0 spiro atoms. The Morgan fingerprint density at radius 3 is 3.07 bits per heavy atom. The van der Waals surface area contributed by atoms with E-state index in [2.05, 4.69) is 5.32 Å². The van der Waals surface area contributed by atoms with Crippen LogP contribution in [0.3, 0.4) is 0 Å². The van der Waals surface area contributed by atoms with Crippen LogP contribution >= 0.6 is 0 Å². The summed E-state index contributed by atoms with van der Waals surface area (Å²) >= 11 is 0. The van der Waals surface area contributed by atoms with Gasteiger partial charge in [-0.2, -0.15) is 0 Å². The molecule has 82 valence electrons. The van der Waals surface area contributed by atoms with E-state index in [-0.39, 0.29) is 11.9 Å². The molecule has 4 nitrogen and oxygen atoms in total. The van der Waals surface area contributed by atoms with Crippen LogP contribution < -0.4 is 10.2 Å². The van der Waals surface area contributed by atoms with Gasteiger partial charge >= 0.3 is 0 Å². The highest BCUT2D eigenvalue weighted by molar-refractivity contribution is 5.97. The van der Waals surface area contributed by atoms with Crippen LogP contribution in [-0.2, 0) is 4.79 Å². The second-order valence-corrected chi connectivity index (χ2v) is 3.81. The van der Waals surface area contributed by atoms with Crippen LogP contribution in [0.15, 0.2) is 23.0 Å². The van der Waals surface area contributed by atoms with Crippen molar-refractivity contribution in [2.24, 2.45) is 0 Å². The van der Waals surface area contributed by atoms with E-state index in [1.807, 2.05) is 13.1 Å². The summed E-state index contributed by atoms with van der Waals surface area (Å²) < 4.78 is 5.01. The zero-order valence-electron chi connectivity index (χ0n) is 8.90. The summed E-state index contributed by atoms with van der Waals surface area (Å²) in [5.74, 6) is 0.149. The lowest BCUT2D eigenvalue weighted by molar-refractivity contribution is -0.120. The van der Waals surface area contributed by atoms with E-state index in [1.54, 1.807) is 17.4 Å². The van der Waals surface area contributed by atoms with Crippen molar-refractivity contribution in [1.82, 2.24) is 5.32 Å². The molecular formula is C11H16N2O2. The molecule has 1 aromatic heterocycles. The number of hydrogen-bond donors (Lipinski definition) is 1. The average molecular weight is 208 g/mol. The zero-order chi connectivity index (χ0) is 10.7. The minimum absolute atomic E-state index is 0.0533. The van der Waals surface area contributed by atoms with Gasteiger partial charge in [-0.1, -0.05) is 0 Å². The lowest BCUT2D eigenvalue weighted by atomic mass is 10.1. The Bertz CT molecular complexity index is 321. The van der Waals surface area contributed by atoms with E-state index in [0.717, 1.165) is 31.5 Å². The standard InChI is InChI=1S/C11H16N2O2/c1-12-10-4-2-3-6-13(11(10)14)9-5-7-15-8-9/h5,7-8,10,12H,2-4,6H2,1H3. The minimum Gasteiger partial charge on any atom is -0.470 e. The van der Waals surface area contributed by atoms with Crippen molar-refractivity contribution in [1.29, 1.82) is 0 Å². The Hall–Kier alpha value is -1.29. The molecule has 1 aliphatic rings. The Morgan fingerprint density at radius 2 is 2.40 bits per heavy atom. The van der Waals surface area contributed by atoms with Crippen LogP contribution in [-0.4, -0.2) is 25.5 Å². The highest BCUT2D eigenvalue weighted by Crippen LogP contribution is 2.20. The molecule has 1 N–H and O–H groups in total. The summed E-state index contributed by atoms with van der Waals surface area (Å²) in [6, 6.07) is 1.78. The minimum atomic E-state index is -0.0533. The molecule has 1 unspecified atom stereocenters. The van der Waals surface area contributed by atoms with Gasteiger partial charge in [0.1, 0.15) is 6.26 Å². The summed E-state index contributed by atoms with van der Waals surface area (Å²) in [7, 11) is 1.83. The van der Waals surface area contributed by atoms with Gasteiger partial charge in [-0.05, 0) is 26.3 Å². The Labute approximate surface area is 89.2 Å². The second-order valence-electron chi connectivity index (χ2n) is 3.81. The molecule has 2 rings (SSSR count). The van der Waals surface area contributed by atoms with Crippen molar-refractivity contribution in [3.8, 4) is 0 Å². The normalized spacial score (nSPS) is 22.9. The fourth-order valence-electron chi connectivity index (χ4n) is 1.98. The van der Waals surface area contributed by atoms with Gasteiger partial charge in [0.25, 0.3) is 0 Å². The van der Waals surface area contributed by atoms with Crippen molar-refractivity contribution >= 4 is 11.6 Å². The summed E-state index contributed by atoms with van der Waals surface area (Å²) in [5, 5.41) is 3.06. The van der Waals surface area contributed by atoms with Crippen LogP contribution in [0.25, 0.3) is 0 Å². The lowest BCUT2D eigenvalue weighted by Crippen LogP contribution is -2.43. The lowest BCUT2D eigenvalue weighted by Gasteiger charge is -2.22. The van der Waals surface area contributed by atoms with E-state index in [4.69, 9.17) is 4.42 Å². The second kappa shape index (κ2) is 4.49. The van der Waals surface area contributed by atoms with Crippen molar-refractivity contribution in [2.45, 2.75) is 25.3 Å². The SMILES string of the molecule is CNC1CCCCN(c2ccoc2)C1=O. The summed E-state index contributed by atoms with van der Waals surface area (Å²) in [6.45, 7) is 0.788. The monoisotopic (exact) mass is 208 g/mol. The number of nitrogens with one attached hydrogen (secondary N) is 1. The Morgan fingerprint density at radius 1 is 1.53 bits per heavy atom. The largest absolute Gasteiger partial charge is 0.470 e. The first-order chi connectivity index (χ1) is 7.33. The number of amides is 1. The molecule has 1 atom stereocenters. The molecule has 0 aromatic carbocycles. The third kappa shape index (κ3) is 2.04. The number of anilines is 1. The van der Waals surface area contributed by atoms with Gasteiger partial charge < -0.3 is 14.6 Å². The van der Waals surface area contributed by atoms with Gasteiger partial charge in [-0.25, -0.2) is 0 Å². The number of carbonyl (C=O) groups excluding carboxylic acids is 1. The van der Waals surface area contributed by atoms with E-state index in [0.29, 0.717) is 0 Å². The van der Waals surface area contributed by atoms with Crippen molar-refractivity contribution in [3.63, 3.8) is 0 Å². The van der Waals surface area contributed by atoms with Crippen LogP contribution in [0.2, 0.25) is 0 Å². The van der Waals surface area contributed by atoms with Crippen LogP contribution in [0.1, 0.15) is 19.3 Å². The van der Waals surface area contributed by atoms with Crippen molar-refractivity contribution in [3.05, 3.63) is 18.6 Å². The molecule has 0 bridgehead atoms. The number of nitrogens with zero attached hydrogens (tertiary/aromatic N) is 1. The van der Waals surface area contributed by atoms with Gasteiger partial charge in [0.15, 0.2) is 0 Å².